The van der Waals surface area contributed by atoms with Gasteiger partial charge < -0.3 is 5.32 Å². The summed E-state index contributed by atoms with van der Waals surface area (Å²) in [4.78, 5) is 17.6. The Morgan fingerprint density at radius 2 is 2.38 bits per heavy atom. The van der Waals surface area contributed by atoms with Gasteiger partial charge >= 0.3 is 5.69 Å². The van der Waals surface area contributed by atoms with Crippen molar-refractivity contribution in [3.63, 3.8) is 0 Å². The summed E-state index contributed by atoms with van der Waals surface area (Å²) in [7, 11) is 0. The van der Waals surface area contributed by atoms with Crippen LogP contribution in [0.3, 0.4) is 0 Å². The van der Waals surface area contributed by atoms with Crippen LogP contribution in [0.2, 0.25) is 0 Å². The zero-order chi connectivity index (χ0) is 9.84. The molecule has 70 valence electrons. The SMILES string of the molecule is CCNc1ncc([N+](=O)[O-])c(C)n1. The highest BCUT2D eigenvalue weighted by atomic mass is 16.6. The Hall–Kier alpha value is -1.72. The van der Waals surface area contributed by atoms with Crippen LogP contribution in [0.5, 0.6) is 0 Å². The molecule has 1 heterocycles. The molecule has 6 nitrogen and oxygen atoms in total. The molecule has 0 atom stereocenters. The predicted octanol–water partition coefficient (Wildman–Crippen LogP) is 1.13. The van der Waals surface area contributed by atoms with Gasteiger partial charge in [-0.05, 0) is 13.8 Å². The fourth-order valence-electron chi connectivity index (χ4n) is 0.883. The molecule has 0 fully saturated rings. The molecule has 0 spiro atoms. The van der Waals surface area contributed by atoms with Crippen molar-refractivity contribution in [3.8, 4) is 0 Å². The lowest BCUT2D eigenvalue weighted by Gasteiger charge is -2.01. The van der Waals surface area contributed by atoms with Crippen LogP contribution >= 0.6 is 0 Å². The third-order valence-corrected chi connectivity index (χ3v) is 1.49. The summed E-state index contributed by atoms with van der Waals surface area (Å²) >= 11 is 0. The summed E-state index contributed by atoms with van der Waals surface area (Å²) in [5.41, 5.74) is 0.317. The normalized spacial score (nSPS) is 9.69. The third-order valence-electron chi connectivity index (χ3n) is 1.49. The van der Waals surface area contributed by atoms with E-state index in [1.165, 1.54) is 6.20 Å². The Morgan fingerprint density at radius 1 is 1.69 bits per heavy atom. The summed E-state index contributed by atoms with van der Waals surface area (Å²) in [5, 5.41) is 13.3. The second-order valence-corrected chi connectivity index (χ2v) is 2.45. The minimum Gasteiger partial charge on any atom is -0.354 e. The van der Waals surface area contributed by atoms with Gasteiger partial charge in [-0.3, -0.25) is 10.1 Å². The fourth-order valence-corrected chi connectivity index (χ4v) is 0.883. The van der Waals surface area contributed by atoms with Gasteiger partial charge in [-0.1, -0.05) is 0 Å². The van der Waals surface area contributed by atoms with E-state index in [-0.39, 0.29) is 5.69 Å². The van der Waals surface area contributed by atoms with E-state index in [1.807, 2.05) is 6.92 Å². The maximum absolute atomic E-state index is 10.4. The topological polar surface area (TPSA) is 81.0 Å². The van der Waals surface area contributed by atoms with Crippen LogP contribution in [-0.4, -0.2) is 21.4 Å². The van der Waals surface area contributed by atoms with Gasteiger partial charge in [-0.2, -0.15) is 0 Å². The van der Waals surface area contributed by atoms with Crippen LogP contribution in [0, 0.1) is 17.0 Å². The van der Waals surface area contributed by atoms with Crippen molar-refractivity contribution in [2.75, 3.05) is 11.9 Å². The van der Waals surface area contributed by atoms with Crippen molar-refractivity contribution in [2.24, 2.45) is 0 Å². The average Bonchev–Trinajstić information content (AvgIpc) is 2.04. The second kappa shape index (κ2) is 3.79. The molecule has 0 saturated carbocycles. The van der Waals surface area contributed by atoms with E-state index in [9.17, 15) is 10.1 Å². The number of anilines is 1. The zero-order valence-electron chi connectivity index (χ0n) is 7.44. The van der Waals surface area contributed by atoms with Gasteiger partial charge in [-0.15, -0.1) is 0 Å². The van der Waals surface area contributed by atoms with E-state index < -0.39 is 4.92 Å². The van der Waals surface area contributed by atoms with E-state index in [1.54, 1.807) is 6.92 Å². The minimum absolute atomic E-state index is 0.0540. The molecule has 1 N–H and O–H groups in total. The quantitative estimate of drug-likeness (QED) is 0.559. The van der Waals surface area contributed by atoms with Crippen molar-refractivity contribution in [3.05, 3.63) is 22.0 Å². The van der Waals surface area contributed by atoms with Gasteiger partial charge in [0, 0.05) is 6.54 Å². The molecule has 0 saturated heterocycles. The number of aryl methyl sites for hydroxylation is 1. The molecule has 0 aliphatic rings. The first kappa shape index (κ1) is 9.37. The van der Waals surface area contributed by atoms with Crippen LogP contribution in [0.25, 0.3) is 0 Å². The lowest BCUT2D eigenvalue weighted by molar-refractivity contribution is -0.386. The number of aromatic nitrogens is 2. The number of nitrogens with zero attached hydrogens (tertiary/aromatic N) is 3. The Kier molecular flexibility index (Phi) is 2.73. The molecule has 1 aromatic heterocycles. The summed E-state index contributed by atoms with van der Waals surface area (Å²) in [6.45, 7) is 4.18. The van der Waals surface area contributed by atoms with Gasteiger partial charge in [0.2, 0.25) is 5.95 Å². The van der Waals surface area contributed by atoms with Crippen LogP contribution < -0.4 is 5.32 Å². The number of rotatable bonds is 3. The first-order chi connectivity index (χ1) is 6.15. The van der Waals surface area contributed by atoms with E-state index in [0.29, 0.717) is 18.2 Å². The van der Waals surface area contributed by atoms with Gasteiger partial charge in [0.05, 0.1) is 4.92 Å². The molecule has 0 aliphatic carbocycles. The molecule has 0 aliphatic heterocycles. The van der Waals surface area contributed by atoms with Gasteiger partial charge in [0.15, 0.2) is 0 Å². The summed E-state index contributed by atoms with van der Waals surface area (Å²) in [6, 6.07) is 0. The lowest BCUT2D eigenvalue weighted by Crippen LogP contribution is -2.04. The number of hydrogen-bond donors (Lipinski definition) is 1. The van der Waals surface area contributed by atoms with Crippen LogP contribution in [0.1, 0.15) is 12.6 Å². The molecule has 13 heavy (non-hydrogen) atoms. The summed E-state index contributed by atoms with van der Waals surface area (Å²) < 4.78 is 0. The predicted molar refractivity (Wildman–Crippen MR) is 47.6 cm³/mol. The van der Waals surface area contributed by atoms with Crippen LogP contribution in [0.15, 0.2) is 6.20 Å². The first-order valence-electron chi connectivity index (χ1n) is 3.87. The maximum Gasteiger partial charge on any atom is 0.308 e. The van der Waals surface area contributed by atoms with Crippen molar-refractivity contribution in [1.82, 2.24) is 9.97 Å². The Bertz CT molecular complexity index is 326. The molecular formula is C7H10N4O2. The Balaban J connectivity index is 2.98. The highest BCUT2D eigenvalue weighted by Crippen LogP contribution is 2.14. The van der Waals surface area contributed by atoms with E-state index in [4.69, 9.17) is 0 Å². The number of hydrogen-bond acceptors (Lipinski definition) is 5. The molecule has 1 aromatic rings. The average molecular weight is 182 g/mol. The molecule has 0 bridgehead atoms. The van der Waals surface area contributed by atoms with Crippen molar-refractivity contribution >= 4 is 11.6 Å². The molecule has 0 unspecified atom stereocenters. The minimum atomic E-state index is -0.495. The molecule has 0 aromatic carbocycles. The van der Waals surface area contributed by atoms with Crippen LogP contribution in [-0.2, 0) is 0 Å². The largest absolute Gasteiger partial charge is 0.354 e. The highest BCUT2D eigenvalue weighted by molar-refractivity contribution is 5.37. The van der Waals surface area contributed by atoms with E-state index in [2.05, 4.69) is 15.3 Å². The molecule has 0 amide bonds. The standard InChI is InChI=1S/C7H10N4O2/c1-3-8-7-9-4-6(11(12)13)5(2)10-7/h4H,3H2,1-2H3,(H,8,9,10). The number of nitrogens with one attached hydrogen (secondary N) is 1. The molecule has 0 radical (unpaired) electrons. The highest BCUT2D eigenvalue weighted by Gasteiger charge is 2.12. The van der Waals surface area contributed by atoms with Crippen molar-refractivity contribution in [2.45, 2.75) is 13.8 Å². The molecule has 1 rings (SSSR count). The summed E-state index contributed by atoms with van der Waals surface area (Å²) in [5.74, 6) is 0.422. The van der Waals surface area contributed by atoms with E-state index in [0.717, 1.165) is 0 Å². The van der Waals surface area contributed by atoms with E-state index >= 15 is 0 Å². The Morgan fingerprint density at radius 3 is 2.85 bits per heavy atom. The fraction of sp³-hybridized carbons (Fsp3) is 0.429. The summed E-state index contributed by atoms with van der Waals surface area (Å²) in [6.07, 6.45) is 1.21. The monoisotopic (exact) mass is 182 g/mol. The van der Waals surface area contributed by atoms with Crippen LogP contribution in [0.4, 0.5) is 11.6 Å². The van der Waals surface area contributed by atoms with Gasteiger partial charge in [0.25, 0.3) is 0 Å². The second-order valence-electron chi connectivity index (χ2n) is 2.45. The number of nitro groups is 1. The van der Waals surface area contributed by atoms with Crippen molar-refractivity contribution < 1.29 is 4.92 Å². The molecular weight excluding hydrogens is 172 g/mol. The first-order valence-corrected chi connectivity index (χ1v) is 3.87. The van der Waals surface area contributed by atoms with Crippen molar-refractivity contribution in [1.29, 1.82) is 0 Å². The smallest absolute Gasteiger partial charge is 0.308 e. The zero-order valence-corrected chi connectivity index (χ0v) is 7.44. The lowest BCUT2D eigenvalue weighted by atomic mass is 10.4. The van der Waals surface area contributed by atoms with Gasteiger partial charge in [0.1, 0.15) is 11.9 Å². The molecule has 6 heteroatoms. The third kappa shape index (κ3) is 2.11. The Labute approximate surface area is 75.2 Å². The maximum atomic E-state index is 10.4. The van der Waals surface area contributed by atoms with Gasteiger partial charge in [-0.25, -0.2) is 9.97 Å².